The van der Waals surface area contributed by atoms with E-state index in [9.17, 15) is 10.1 Å². The molecule has 0 aliphatic heterocycles. The molecular weight excluding hydrogens is 398 g/mol. The number of allylic oxidation sites excluding steroid dienone is 1. The molecule has 0 fully saturated rings. The highest BCUT2D eigenvalue weighted by Gasteiger charge is 2.25. The van der Waals surface area contributed by atoms with Crippen LogP contribution in [0.15, 0.2) is 48.3 Å². The maximum Gasteiger partial charge on any atom is 0.354 e. The maximum atomic E-state index is 11.8. The summed E-state index contributed by atoms with van der Waals surface area (Å²) in [4.78, 5) is 19.8. The van der Waals surface area contributed by atoms with Gasteiger partial charge >= 0.3 is 5.69 Å². The topological polar surface area (TPSA) is 172 Å². The number of aromatic nitrogens is 4. The van der Waals surface area contributed by atoms with E-state index in [1.54, 1.807) is 25.1 Å². The predicted molar refractivity (Wildman–Crippen MR) is 120 cm³/mol. The molecule has 6 N–H and O–H groups in total. The number of nitro groups is 1. The third-order valence-electron chi connectivity index (χ3n) is 3.90. The van der Waals surface area contributed by atoms with Gasteiger partial charge in [0.1, 0.15) is 11.6 Å². The smallest absolute Gasteiger partial charge is 0.354 e. The number of anilines is 3. The lowest BCUT2D eigenvalue weighted by molar-refractivity contribution is -0.383. The second-order valence-corrected chi connectivity index (χ2v) is 6.58. The van der Waals surface area contributed by atoms with Crippen LogP contribution < -0.4 is 16.4 Å². The Morgan fingerprint density at radius 1 is 1.23 bits per heavy atom. The van der Waals surface area contributed by atoms with Crippen LogP contribution in [0.25, 0.3) is 12.2 Å². The predicted octanol–water partition coefficient (Wildman–Crippen LogP) is 3.58. The van der Waals surface area contributed by atoms with Crippen LogP contribution in [0.2, 0.25) is 0 Å². The van der Waals surface area contributed by atoms with Gasteiger partial charge in [-0.3, -0.25) is 15.2 Å². The molecule has 0 atom stereocenters. The van der Waals surface area contributed by atoms with Crippen molar-refractivity contribution < 1.29 is 4.92 Å². The molecule has 2 heterocycles. The molecule has 0 unspecified atom stereocenters. The van der Waals surface area contributed by atoms with Crippen LogP contribution in [-0.4, -0.2) is 30.8 Å². The monoisotopic (exact) mass is 419 g/mol. The number of nitrogens with one attached hydrogen (secondary N) is 4. The molecule has 0 spiro atoms. The van der Waals surface area contributed by atoms with Gasteiger partial charge in [0.2, 0.25) is 11.6 Å². The van der Waals surface area contributed by atoms with Crippen molar-refractivity contribution in [2.75, 3.05) is 10.6 Å². The Bertz CT molecular complexity index is 1170. The van der Waals surface area contributed by atoms with Crippen molar-refractivity contribution in [2.45, 2.75) is 13.8 Å². The van der Waals surface area contributed by atoms with Crippen LogP contribution >= 0.6 is 0 Å². The number of hydrogen-bond acceptors (Lipinski definition) is 9. The van der Waals surface area contributed by atoms with Gasteiger partial charge in [0.05, 0.1) is 10.6 Å². The first-order valence-electron chi connectivity index (χ1n) is 9.20. The minimum atomic E-state index is -0.608. The van der Waals surface area contributed by atoms with Gasteiger partial charge in [0.15, 0.2) is 5.82 Å². The molecular formula is C20H21N9O2. The van der Waals surface area contributed by atoms with E-state index in [1.807, 2.05) is 30.3 Å². The third-order valence-corrected chi connectivity index (χ3v) is 3.90. The van der Waals surface area contributed by atoms with Gasteiger partial charge in [-0.2, -0.15) is 5.10 Å². The molecule has 3 rings (SSSR count). The van der Waals surface area contributed by atoms with Gasteiger partial charge in [0.25, 0.3) is 0 Å². The molecule has 11 nitrogen and oxygen atoms in total. The van der Waals surface area contributed by atoms with Crippen molar-refractivity contribution in [3.05, 3.63) is 75.5 Å². The summed E-state index contributed by atoms with van der Waals surface area (Å²) in [5.41, 5.74) is 7.26. The summed E-state index contributed by atoms with van der Waals surface area (Å²) in [5, 5.41) is 31.7. The fraction of sp³-hybridized carbons (Fsp3) is 0.100. The normalized spacial score (nSPS) is 11.5. The summed E-state index contributed by atoms with van der Waals surface area (Å²) in [6.07, 6.45) is 4.75. The van der Waals surface area contributed by atoms with Gasteiger partial charge in [-0.05, 0) is 31.6 Å². The van der Waals surface area contributed by atoms with Crippen molar-refractivity contribution >= 4 is 41.0 Å². The molecule has 0 saturated carbocycles. The van der Waals surface area contributed by atoms with Gasteiger partial charge in [-0.15, -0.1) is 0 Å². The molecule has 0 saturated heterocycles. The zero-order valence-electron chi connectivity index (χ0n) is 16.9. The molecule has 0 aliphatic rings. The van der Waals surface area contributed by atoms with Crippen molar-refractivity contribution in [3.63, 3.8) is 0 Å². The van der Waals surface area contributed by atoms with Crippen LogP contribution in [0.1, 0.15) is 24.0 Å². The lowest BCUT2D eigenvalue weighted by Crippen LogP contribution is -2.15. The lowest BCUT2D eigenvalue weighted by atomic mass is 10.2. The molecule has 3 aromatic rings. The third kappa shape index (κ3) is 5.73. The van der Waals surface area contributed by atoms with Crippen LogP contribution in [-0.2, 0) is 0 Å². The number of benzene rings is 1. The van der Waals surface area contributed by atoms with Gasteiger partial charge in [-0.25, -0.2) is 9.97 Å². The summed E-state index contributed by atoms with van der Waals surface area (Å²) < 4.78 is 0. The molecule has 0 radical (unpaired) electrons. The molecule has 31 heavy (non-hydrogen) atoms. The van der Waals surface area contributed by atoms with E-state index in [4.69, 9.17) is 11.1 Å². The molecule has 11 heteroatoms. The Labute approximate surface area is 177 Å². The van der Waals surface area contributed by atoms with E-state index >= 15 is 0 Å². The number of H-pyrrole nitrogens is 1. The average Bonchev–Trinajstić information content (AvgIpc) is 3.10. The van der Waals surface area contributed by atoms with E-state index < -0.39 is 10.6 Å². The second kappa shape index (κ2) is 9.31. The Morgan fingerprint density at radius 3 is 2.55 bits per heavy atom. The molecule has 0 bridgehead atoms. The fourth-order valence-corrected chi connectivity index (χ4v) is 2.65. The molecule has 0 amide bonds. The zero-order chi connectivity index (χ0) is 22.4. The van der Waals surface area contributed by atoms with Gasteiger partial charge < -0.3 is 21.8 Å². The lowest BCUT2D eigenvalue weighted by Gasteiger charge is -2.11. The summed E-state index contributed by atoms with van der Waals surface area (Å²) in [6.45, 7) is 3.31. The van der Waals surface area contributed by atoms with Crippen LogP contribution in [0.5, 0.6) is 0 Å². The van der Waals surface area contributed by atoms with Crippen LogP contribution in [0.4, 0.5) is 23.1 Å². The van der Waals surface area contributed by atoms with Gasteiger partial charge in [-0.1, -0.05) is 36.4 Å². The quantitative estimate of drug-likeness (QED) is 0.209. The Hall–Kier alpha value is -4.54. The molecule has 1 aromatic carbocycles. The highest BCUT2D eigenvalue weighted by Crippen LogP contribution is 2.32. The van der Waals surface area contributed by atoms with Crippen molar-refractivity contribution in [1.82, 2.24) is 20.2 Å². The van der Waals surface area contributed by atoms with Crippen molar-refractivity contribution in [1.29, 1.82) is 5.41 Å². The average molecular weight is 419 g/mol. The summed E-state index contributed by atoms with van der Waals surface area (Å²) in [5.74, 6) is 0.535. The minimum absolute atomic E-state index is 0.0376. The van der Waals surface area contributed by atoms with Crippen molar-refractivity contribution in [3.8, 4) is 0 Å². The Morgan fingerprint density at radius 2 is 1.94 bits per heavy atom. The first-order valence-corrected chi connectivity index (χ1v) is 9.20. The second-order valence-electron chi connectivity index (χ2n) is 6.58. The molecule has 158 valence electrons. The van der Waals surface area contributed by atoms with E-state index in [-0.39, 0.29) is 29.0 Å². The largest absolute Gasteiger partial charge is 0.385 e. The van der Waals surface area contributed by atoms with E-state index in [2.05, 4.69) is 30.8 Å². The Kier molecular flexibility index (Phi) is 6.36. The number of hydrogen-bond donors (Lipinski definition) is 5. The maximum absolute atomic E-state index is 11.8. The summed E-state index contributed by atoms with van der Waals surface area (Å²) >= 11 is 0. The zero-order valence-corrected chi connectivity index (χ0v) is 16.9. The van der Waals surface area contributed by atoms with E-state index in [0.29, 0.717) is 11.5 Å². The fourth-order valence-electron chi connectivity index (χ4n) is 2.65. The number of aromatic amines is 1. The highest BCUT2D eigenvalue weighted by molar-refractivity contribution is 5.91. The van der Waals surface area contributed by atoms with Gasteiger partial charge in [0, 0.05) is 11.8 Å². The highest BCUT2D eigenvalue weighted by atomic mass is 16.6. The Balaban J connectivity index is 2.09. The summed E-state index contributed by atoms with van der Waals surface area (Å²) in [6, 6.07) is 11.2. The van der Waals surface area contributed by atoms with Crippen LogP contribution in [0, 0.1) is 22.4 Å². The molecule has 0 aliphatic carbocycles. The standard InChI is InChI=1S/C20H21N9O2/c1-12(21)10-15(22)23-19-18(29(30)31)20(26-17-11-13(2)27-28-17)25-16(24-19)9-8-14-6-4-3-5-7-14/h3-11,21H,22H2,1-2H3,(H3,23,24,25,26,27,28)/b9-8+,15-10+,21-12?. The van der Waals surface area contributed by atoms with E-state index in [0.717, 1.165) is 5.56 Å². The van der Waals surface area contributed by atoms with Crippen molar-refractivity contribution in [2.24, 2.45) is 5.73 Å². The first kappa shape index (κ1) is 21.2. The summed E-state index contributed by atoms with van der Waals surface area (Å²) in [7, 11) is 0. The minimum Gasteiger partial charge on any atom is -0.385 e. The SMILES string of the molecule is CC(=N)/C=C(\N)Nc1nc(/C=C/c2ccccc2)nc(Nc2cc(C)n[nH]2)c1[N+](=O)[O-]. The van der Waals surface area contributed by atoms with E-state index in [1.165, 1.54) is 13.0 Å². The first-order chi connectivity index (χ1) is 14.8. The number of nitrogens with zero attached hydrogens (tertiary/aromatic N) is 4. The number of aryl methyl sites for hydroxylation is 1. The molecule has 2 aromatic heterocycles. The van der Waals surface area contributed by atoms with Crippen LogP contribution in [0.3, 0.4) is 0 Å². The number of rotatable bonds is 8. The number of nitrogens with two attached hydrogens (primary N) is 1.